The maximum atomic E-state index is 12.3. The number of esters is 2. The lowest BCUT2D eigenvalue weighted by Crippen LogP contribution is -2.32. The lowest BCUT2D eigenvalue weighted by atomic mass is 9.88. The van der Waals surface area contributed by atoms with E-state index in [0.29, 0.717) is 36.0 Å². The Hall–Kier alpha value is -2.76. The van der Waals surface area contributed by atoms with Gasteiger partial charge in [0.1, 0.15) is 10.8 Å². The second-order valence-corrected chi connectivity index (χ2v) is 7.51. The summed E-state index contributed by atoms with van der Waals surface area (Å²) in [7, 11) is 0. The number of rotatable bonds is 7. The van der Waals surface area contributed by atoms with Gasteiger partial charge in [-0.3, -0.25) is 19.6 Å². The Labute approximate surface area is 166 Å². The number of carbonyl (C=O) groups is 2. The normalized spacial score (nSPS) is 11.8. The van der Waals surface area contributed by atoms with Crippen molar-refractivity contribution in [3.05, 3.63) is 47.8 Å². The van der Waals surface area contributed by atoms with E-state index in [4.69, 9.17) is 9.47 Å². The van der Waals surface area contributed by atoms with E-state index >= 15 is 0 Å². The predicted octanol–water partition coefficient (Wildman–Crippen LogP) is 3.83. The van der Waals surface area contributed by atoms with Crippen LogP contribution in [0.5, 0.6) is 0 Å². The van der Waals surface area contributed by atoms with Gasteiger partial charge in [-0.05, 0) is 65.8 Å². The van der Waals surface area contributed by atoms with Crippen molar-refractivity contribution in [3.8, 4) is 11.4 Å². The van der Waals surface area contributed by atoms with Crippen LogP contribution >= 0.6 is 0 Å². The van der Waals surface area contributed by atoms with Crippen molar-refractivity contribution in [2.24, 2.45) is 0 Å². The molecule has 0 unspecified atom stereocenters. The van der Waals surface area contributed by atoms with Crippen molar-refractivity contribution in [1.29, 1.82) is 0 Å². The van der Waals surface area contributed by atoms with Crippen LogP contribution in [0.4, 0.5) is 0 Å². The first-order valence-electron chi connectivity index (χ1n) is 9.44. The largest absolute Gasteiger partial charge is 0.465 e. The maximum absolute atomic E-state index is 12.3. The molecular weight excluding hydrogens is 356 g/mol. The molecular formula is C22H28N2O4. The first kappa shape index (κ1) is 21.5. The highest BCUT2D eigenvalue weighted by Gasteiger charge is 2.34. The molecule has 0 saturated heterocycles. The monoisotopic (exact) mass is 384 g/mol. The van der Waals surface area contributed by atoms with E-state index in [2.05, 4.69) is 9.97 Å². The molecule has 0 N–H and O–H groups in total. The Morgan fingerprint density at radius 1 is 0.750 bits per heavy atom. The molecule has 6 nitrogen and oxygen atoms in total. The zero-order valence-electron chi connectivity index (χ0n) is 17.4. The van der Waals surface area contributed by atoms with Gasteiger partial charge in [-0.2, -0.15) is 0 Å². The molecule has 28 heavy (non-hydrogen) atoms. The van der Waals surface area contributed by atoms with E-state index < -0.39 is 10.8 Å². The molecule has 0 bridgehead atoms. The van der Waals surface area contributed by atoms with Gasteiger partial charge in [0.15, 0.2) is 0 Å². The van der Waals surface area contributed by atoms with Crippen LogP contribution in [0.2, 0.25) is 0 Å². The predicted molar refractivity (Wildman–Crippen MR) is 107 cm³/mol. The summed E-state index contributed by atoms with van der Waals surface area (Å²) in [5, 5.41) is 0. The fraction of sp³-hybridized carbons (Fsp3) is 0.455. The van der Waals surface area contributed by atoms with Gasteiger partial charge in [0.05, 0.1) is 36.0 Å². The van der Waals surface area contributed by atoms with Crippen molar-refractivity contribution in [2.75, 3.05) is 13.2 Å². The molecule has 0 radical (unpaired) electrons. The smallest absolute Gasteiger partial charge is 0.317 e. The number of ether oxygens (including phenoxy) is 2. The zero-order chi connectivity index (χ0) is 20.9. The highest BCUT2D eigenvalue weighted by atomic mass is 16.5. The van der Waals surface area contributed by atoms with Crippen LogP contribution in [0.3, 0.4) is 0 Å². The van der Waals surface area contributed by atoms with Gasteiger partial charge in [-0.1, -0.05) is 12.1 Å². The molecule has 0 fully saturated rings. The average Bonchev–Trinajstić information content (AvgIpc) is 2.68. The quantitative estimate of drug-likeness (QED) is 0.675. The Bertz CT molecular complexity index is 788. The SMILES string of the molecule is CCOC(=O)C(C)(C)c1cccc(-c2cccc(C(C)(C)C(=O)OCC)n2)n1. The van der Waals surface area contributed by atoms with Crippen LogP contribution in [0, 0.1) is 0 Å². The lowest BCUT2D eigenvalue weighted by molar-refractivity contribution is -0.149. The van der Waals surface area contributed by atoms with Crippen molar-refractivity contribution < 1.29 is 19.1 Å². The van der Waals surface area contributed by atoms with Gasteiger partial charge in [0, 0.05) is 0 Å². The third-order valence-electron chi connectivity index (χ3n) is 4.61. The van der Waals surface area contributed by atoms with Crippen molar-refractivity contribution in [1.82, 2.24) is 9.97 Å². The van der Waals surface area contributed by atoms with Gasteiger partial charge in [0.2, 0.25) is 0 Å². The Morgan fingerprint density at radius 2 is 1.11 bits per heavy atom. The molecule has 0 atom stereocenters. The molecule has 0 aliphatic heterocycles. The summed E-state index contributed by atoms with van der Waals surface area (Å²) in [5.74, 6) is -0.658. The van der Waals surface area contributed by atoms with Crippen molar-refractivity contribution in [2.45, 2.75) is 52.4 Å². The Kier molecular flexibility index (Phi) is 6.54. The topological polar surface area (TPSA) is 78.4 Å². The molecule has 0 aliphatic carbocycles. The minimum absolute atomic E-state index is 0.314. The first-order valence-corrected chi connectivity index (χ1v) is 9.44. The minimum atomic E-state index is -0.881. The number of nitrogens with zero attached hydrogens (tertiary/aromatic N) is 2. The minimum Gasteiger partial charge on any atom is -0.465 e. The lowest BCUT2D eigenvalue weighted by Gasteiger charge is -2.23. The Morgan fingerprint density at radius 3 is 1.43 bits per heavy atom. The summed E-state index contributed by atoms with van der Waals surface area (Å²) in [6.07, 6.45) is 0. The summed E-state index contributed by atoms with van der Waals surface area (Å²) in [5.41, 5.74) is 0.676. The third kappa shape index (κ3) is 4.38. The fourth-order valence-electron chi connectivity index (χ4n) is 2.68. The summed E-state index contributed by atoms with van der Waals surface area (Å²) in [4.78, 5) is 33.9. The number of hydrogen-bond acceptors (Lipinski definition) is 6. The van der Waals surface area contributed by atoms with Crippen molar-refractivity contribution in [3.63, 3.8) is 0 Å². The summed E-state index contributed by atoms with van der Waals surface area (Å²) >= 11 is 0. The second-order valence-electron chi connectivity index (χ2n) is 7.51. The van der Waals surface area contributed by atoms with Crippen LogP contribution in [-0.4, -0.2) is 35.1 Å². The molecule has 0 aromatic carbocycles. The highest BCUT2D eigenvalue weighted by molar-refractivity contribution is 5.82. The van der Waals surface area contributed by atoms with Gasteiger partial charge >= 0.3 is 11.9 Å². The summed E-state index contributed by atoms with van der Waals surface area (Å²) in [6.45, 7) is 11.3. The van der Waals surface area contributed by atoms with Gasteiger partial charge in [-0.25, -0.2) is 0 Å². The highest BCUT2D eigenvalue weighted by Crippen LogP contribution is 2.28. The fourth-order valence-corrected chi connectivity index (χ4v) is 2.68. The molecule has 2 aromatic rings. The second kappa shape index (κ2) is 8.50. The van der Waals surface area contributed by atoms with E-state index in [1.165, 1.54) is 0 Å². The van der Waals surface area contributed by atoms with Crippen LogP contribution < -0.4 is 0 Å². The number of hydrogen-bond donors (Lipinski definition) is 0. The van der Waals surface area contributed by atoms with Crippen LogP contribution in [0.15, 0.2) is 36.4 Å². The number of aromatic nitrogens is 2. The standard InChI is InChI=1S/C22H28N2O4/c1-7-27-19(25)21(3,4)17-13-9-11-15(23-17)16-12-10-14-18(24-16)22(5,6)20(26)28-8-2/h9-14H,7-8H2,1-6H3. The van der Waals surface area contributed by atoms with E-state index in [1.807, 2.05) is 24.3 Å². The van der Waals surface area contributed by atoms with Gasteiger partial charge in [-0.15, -0.1) is 0 Å². The van der Waals surface area contributed by atoms with E-state index in [0.717, 1.165) is 0 Å². The van der Waals surface area contributed by atoms with Crippen LogP contribution in [0.1, 0.15) is 52.9 Å². The first-order chi connectivity index (χ1) is 13.1. The molecule has 2 aromatic heterocycles. The molecule has 0 saturated carbocycles. The van der Waals surface area contributed by atoms with Crippen LogP contribution in [0.25, 0.3) is 11.4 Å². The number of pyridine rings is 2. The summed E-state index contributed by atoms with van der Waals surface area (Å²) < 4.78 is 10.3. The molecule has 0 aliphatic rings. The Balaban J connectivity index is 2.42. The van der Waals surface area contributed by atoms with Crippen LogP contribution in [-0.2, 0) is 29.9 Å². The van der Waals surface area contributed by atoms with E-state index in [-0.39, 0.29) is 11.9 Å². The summed E-state index contributed by atoms with van der Waals surface area (Å²) in [6, 6.07) is 10.9. The van der Waals surface area contributed by atoms with Gasteiger partial charge < -0.3 is 9.47 Å². The zero-order valence-corrected chi connectivity index (χ0v) is 17.4. The maximum Gasteiger partial charge on any atom is 0.317 e. The van der Waals surface area contributed by atoms with E-state index in [1.54, 1.807) is 53.7 Å². The molecule has 150 valence electrons. The molecule has 0 amide bonds. The van der Waals surface area contributed by atoms with Gasteiger partial charge in [0.25, 0.3) is 0 Å². The third-order valence-corrected chi connectivity index (χ3v) is 4.61. The van der Waals surface area contributed by atoms with E-state index in [9.17, 15) is 9.59 Å². The molecule has 0 spiro atoms. The average molecular weight is 384 g/mol. The molecule has 2 rings (SSSR count). The number of carbonyl (C=O) groups excluding carboxylic acids is 2. The molecule has 6 heteroatoms. The van der Waals surface area contributed by atoms with Crippen molar-refractivity contribution >= 4 is 11.9 Å². The molecule has 2 heterocycles.